The van der Waals surface area contributed by atoms with Crippen LogP contribution in [0.2, 0.25) is 0 Å². The maximum absolute atomic E-state index is 6.09. The molecule has 0 aromatic heterocycles. The summed E-state index contributed by atoms with van der Waals surface area (Å²) in [4.78, 5) is 2.55. The highest BCUT2D eigenvalue weighted by atomic mass is 32.2. The molecule has 136 valence electrons. The molecule has 4 aromatic carbocycles. The van der Waals surface area contributed by atoms with E-state index >= 15 is 0 Å². The van der Waals surface area contributed by atoms with Crippen molar-refractivity contribution in [3.8, 4) is 5.75 Å². The zero-order valence-electron chi connectivity index (χ0n) is 15.7. The van der Waals surface area contributed by atoms with Gasteiger partial charge in [0.05, 0.1) is 6.61 Å². The fourth-order valence-corrected chi connectivity index (χ4v) is 4.50. The number of hydrogen-bond donors (Lipinski definition) is 0. The Labute approximate surface area is 165 Å². The molecule has 4 rings (SSSR count). The smallest absolute Gasteiger partial charge is 0.127 e. The normalized spacial score (nSPS) is 11.1. The van der Waals surface area contributed by atoms with Crippen molar-refractivity contribution in [3.63, 3.8) is 0 Å². The second kappa shape index (κ2) is 8.49. The van der Waals surface area contributed by atoms with Crippen LogP contribution in [-0.2, 0) is 0 Å². The monoisotopic (exact) mass is 372 g/mol. The number of rotatable bonds is 7. The summed E-state index contributed by atoms with van der Waals surface area (Å²) in [6, 6.07) is 28.0. The van der Waals surface area contributed by atoms with Crippen LogP contribution in [0.15, 0.2) is 88.7 Å². The van der Waals surface area contributed by atoms with E-state index in [4.69, 9.17) is 4.74 Å². The number of hydrogen-bond acceptors (Lipinski definition) is 2. The minimum Gasteiger partial charge on any atom is -0.493 e. The third kappa shape index (κ3) is 3.96. The lowest BCUT2D eigenvalue weighted by atomic mass is 10.1. The van der Waals surface area contributed by atoms with Crippen molar-refractivity contribution in [1.29, 1.82) is 0 Å². The van der Waals surface area contributed by atoms with Crippen LogP contribution in [-0.4, -0.2) is 6.61 Å². The molecule has 0 atom stereocenters. The van der Waals surface area contributed by atoms with Crippen molar-refractivity contribution in [2.24, 2.45) is 0 Å². The van der Waals surface area contributed by atoms with E-state index in [-0.39, 0.29) is 0 Å². The summed E-state index contributed by atoms with van der Waals surface area (Å²) in [5, 5.41) is 5.03. The molecule has 27 heavy (non-hydrogen) atoms. The van der Waals surface area contributed by atoms with E-state index in [2.05, 4.69) is 85.8 Å². The molecule has 1 nitrogen and oxygen atoms in total. The topological polar surface area (TPSA) is 9.23 Å². The van der Waals surface area contributed by atoms with Gasteiger partial charge >= 0.3 is 0 Å². The van der Waals surface area contributed by atoms with Crippen LogP contribution in [0.5, 0.6) is 5.75 Å². The second-order valence-electron chi connectivity index (χ2n) is 6.74. The van der Waals surface area contributed by atoms with Gasteiger partial charge in [-0.1, -0.05) is 92.2 Å². The van der Waals surface area contributed by atoms with Gasteiger partial charge in [-0.25, -0.2) is 0 Å². The Balaban J connectivity index is 1.68. The molecular weight excluding hydrogens is 348 g/mol. The van der Waals surface area contributed by atoms with E-state index in [0.717, 1.165) is 18.8 Å². The molecule has 0 saturated carbocycles. The Morgan fingerprint density at radius 2 is 1.37 bits per heavy atom. The van der Waals surface area contributed by atoms with E-state index in [9.17, 15) is 0 Å². The summed E-state index contributed by atoms with van der Waals surface area (Å²) < 4.78 is 6.09. The first-order valence-electron chi connectivity index (χ1n) is 9.67. The highest BCUT2D eigenvalue weighted by Gasteiger charge is 2.10. The van der Waals surface area contributed by atoms with Gasteiger partial charge in [0.1, 0.15) is 5.75 Å². The fourth-order valence-electron chi connectivity index (χ4n) is 3.40. The molecule has 0 spiro atoms. The maximum Gasteiger partial charge on any atom is 0.127 e. The van der Waals surface area contributed by atoms with Crippen molar-refractivity contribution < 1.29 is 4.74 Å². The lowest BCUT2D eigenvalue weighted by Gasteiger charge is -2.13. The molecular formula is C25H24OS. The van der Waals surface area contributed by atoms with E-state index in [1.54, 1.807) is 0 Å². The van der Waals surface area contributed by atoms with Gasteiger partial charge < -0.3 is 4.74 Å². The van der Waals surface area contributed by atoms with E-state index in [1.807, 2.05) is 11.8 Å². The van der Waals surface area contributed by atoms with Crippen LogP contribution in [0.1, 0.15) is 26.2 Å². The number of ether oxygens (including phenoxy) is 1. The Hall–Kier alpha value is -2.45. The van der Waals surface area contributed by atoms with Gasteiger partial charge in [-0.15, -0.1) is 0 Å². The average Bonchev–Trinajstić information content (AvgIpc) is 2.73. The predicted molar refractivity (Wildman–Crippen MR) is 117 cm³/mol. The minimum atomic E-state index is 0.785. The molecule has 0 aliphatic carbocycles. The molecule has 2 heteroatoms. The lowest BCUT2D eigenvalue weighted by molar-refractivity contribution is 0.309. The van der Waals surface area contributed by atoms with Crippen LogP contribution in [0.3, 0.4) is 0 Å². The molecule has 0 heterocycles. The first-order valence-corrected chi connectivity index (χ1v) is 10.5. The average molecular weight is 373 g/mol. The van der Waals surface area contributed by atoms with Crippen LogP contribution < -0.4 is 4.74 Å². The number of unbranched alkanes of at least 4 members (excludes halogenated alkanes) is 2. The van der Waals surface area contributed by atoms with Gasteiger partial charge in [-0.3, -0.25) is 0 Å². The fraction of sp³-hybridized carbons (Fsp3) is 0.200. The highest BCUT2D eigenvalue weighted by Crippen LogP contribution is 2.39. The maximum atomic E-state index is 6.09. The molecule has 0 fully saturated rings. The summed E-state index contributed by atoms with van der Waals surface area (Å²) in [6.45, 7) is 3.00. The molecule has 0 radical (unpaired) electrons. The first-order chi connectivity index (χ1) is 13.4. The quantitative estimate of drug-likeness (QED) is 0.307. The Kier molecular flexibility index (Phi) is 5.64. The van der Waals surface area contributed by atoms with Gasteiger partial charge in [0, 0.05) is 15.2 Å². The van der Waals surface area contributed by atoms with Crippen molar-refractivity contribution in [3.05, 3.63) is 78.9 Å². The van der Waals surface area contributed by atoms with Gasteiger partial charge in [0.15, 0.2) is 0 Å². The summed E-state index contributed by atoms with van der Waals surface area (Å²) in [5.41, 5.74) is 0. The Morgan fingerprint density at radius 1 is 0.667 bits per heavy atom. The van der Waals surface area contributed by atoms with Gasteiger partial charge in [0.2, 0.25) is 0 Å². The van der Waals surface area contributed by atoms with E-state index < -0.39 is 0 Å². The number of fused-ring (bicyclic) bond motifs is 2. The molecule has 4 aromatic rings. The van der Waals surface area contributed by atoms with Crippen LogP contribution in [0.25, 0.3) is 21.5 Å². The Morgan fingerprint density at radius 3 is 2.22 bits per heavy atom. The van der Waals surface area contributed by atoms with Gasteiger partial charge in [0.25, 0.3) is 0 Å². The summed E-state index contributed by atoms with van der Waals surface area (Å²) in [6.07, 6.45) is 3.54. The van der Waals surface area contributed by atoms with E-state index in [1.165, 1.54) is 44.2 Å². The SMILES string of the molecule is CCCCCOc1ccc(Sc2cccc3ccccc23)c2ccccc12. The highest BCUT2D eigenvalue weighted by molar-refractivity contribution is 7.99. The summed E-state index contributed by atoms with van der Waals surface area (Å²) in [5.74, 6) is 0.990. The van der Waals surface area contributed by atoms with E-state index in [0.29, 0.717) is 0 Å². The Bertz CT molecular complexity index is 1050. The molecule has 0 aliphatic heterocycles. The van der Waals surface area contributed by atoms with Crippen molar-refractivity contribution in [2.45, 2.75) is 36.0 Å². The predicted octanol–water partition coefficient (Wildman–Crippen LogP) is 7.71. The third-order valence-corrected chi connectivity index (χ3v) is 5.97. The molecule has 0 bridgehead atoms. The van der Waals surface area contributed by atoms with Crippen LogP contribution >= 0.6 is 11.8 Å². The molecule has 0 amide bonds. The largest absolute Gasteiger partial charge is 0.493 e. The van der Waals surface area contributed by atoms with Gasteiger partial charge in [-0.2, -0.15) is 0 Å². The zero-order valence-corrected chi connectivity index (χ0v) is 16.5. The molecule has 0 N–H and O–H groups in total. The third-order valence-electron chi connectivity index (χ3n) is 4.82. The van der Waals surface area contributed by atoms with Crippen LogP contribution in [0, 0.1) is 0 Å². The second-order valence-corrected chi connectivity index (χ2v) is 7.83. The van der Waals surface area contributed by atoms with Crippen LogP contribution in [0.4, 0.5) is 0 Å². The first kappa shape index (κ1) is 17.9. The van der Waals surface area contributed by atoms with Gasteiger partial charge in [-0.05, 0) is 40.8 Å². The standard InChI is InChI=1S/C25H24OS/c1-2-3-8-18-26-23-16-17-25(22-14-7-6-13-21(22)23)27-24-15-9-11-19-10-4-5-12-20(19)24/h4-7,9-17H,2-3,8,18H2,1H3. The summed E-state index contributed by atoms with van der Waals surface area (Å²) in [7, 11) is 0. The van der Waals surface area contributed by atoms with Crippen molar-refractivity contribution in [1.82, 2.24) is 0 Å². The lowest BCUT2D eigenvalue weighted by Crippen LogP contribution is -1.97. The zero-order chi connectivity index (χ0) is 18.5. The molecule has 0 unspecified atom stereocenters. The van der Waals surface area contributed by atoms with Crippen molar-refractivity contribution >= 4 is 33.3 Å². The number of benzene rings is 4. The minimum absolute atomic E-state index is 0.785. The molecule has 0 saturated heterocycles. The summed E-state index contributed by atoms with van der Waals surface area (Å²) >= 11 is 1.83. The molecule has 0 aliphatic rings. The van der Waals surface area contributed by atoms with Crippen molar-refractivity contribution in [2.75, 3.05) is 6.61 Å².